The third kappa shape index (κ3) is 4.28. The van der Waals surface area contributed by atoms with E-state index < -0.39 is 5.97 Å². The maximum absolute atomic E-state index is 12.1. The maximum atomic E-state index is 12.1. The van der Waals surface area contributed by atoms with E-state index in [9.17, 15) is 9.59 Å². The molecule has 7 heteroatoms. The number of nitrogens with zero attached hydrogens (tertiary/aromatic N) is 3. The molecule has 1 fully saturated rings. The molecule has 0 N–H and O–H groups in total. The summed E-state index contributed by atoms with van der Waals surface area (Å²) < 4.78 is 11.4. The zero-order valence-corrected chi connectivity index (χ0v) is 15.1. The largest absolute Gasteiger partial charge is 0.466 e. The smallest absolute Gasteiger partial charge is 0.356 e. The Bertz CT molecular complexity index is 796. The molecule has 0 radical (unpaired) electrons. The number of esters is 2. The van der Waals surface area contributed by atoms with E-state index >= 15 is 0 Å². The minimum Gasteiger partial charge on any atom is -0.466 e. The number of pyridine rings is 1. The summed E-state index contributed by atoms with van der Waals surface area (Å²) in [6, 6.07) is 5.64. The third-order valence-corrected chi connectivity index (χ3v) is 4.30. The molecule has 1 saturated carbocycles. The standard InChI is InChI=1S/C19H23N3O4/c1-3-26-18(23)5-4-10-22-17(19(24)25-2)12-16(21-22)14-8-9-20-15(11-14)13-6-7-13/h8-9,11-13H,3-7,10H2,1-2H3. The Morgan fingerprint density at radius 3 is 2.81 bits per heavy atom. The van der Waals surface area contributed by atoms with Crippen molar-refractivity contribution in [2.24, 2.45) is 0 Å². The van der Waals surface area contributed by atoms with Crippen LogP contribution in [0.25, 0.3) is 11.3 Å². The Labute approximate surface area is 152 Å². The van der Waals surface area contributed by atoms with E-state index in [2.05, 4.69) is 10.1 Å². The number of aromatic nitrogens is 3. The van der Waals surface area contributed by atoms with Crippen molar-refractivity contribution in [2.75, 3.05) is 13.7 Å². The molecule has 2 heterocycles. The summed E-state index contributed by atoms with van der Waals surface area (Å²) in [5.41, 5.74) is 3.07. The molecule has 3 rings (SSSR count). The second kappa shape index (κ2) is 8.12. The van der Waals surface area contributed by atoms with Gasteiger partial charge in [-0.15, -0.1) is 0 Å². The van der Waals surface area contributed by atoms with Gasteiger partial charge in [0.15, 0.2) is 0 Å². The van der Waals surface area contributed by atoms with Crippen molar-refractivity contribution in [1.82, 2.24) is 14.8 Å². The van der Waals surface area contributed by atoms with Crippen molar-refractivity contribution in [3.63, 3.8) is 0 Å². The van der Waals surface area contributed by atoms with Gasteiger partial charge in [-0.2, -0.15) is 5.10 Å². The van der Waals surface area contributed by atoms with Crippen LogP contribution in [0.5, 0.6) is 0 Å². The number of carbonyl (C=O) groups is 2. The lowest BCUT2D eigenvalue weighted by atomic mass is 10.1. The van der Waals surface area contributed by atoms with Gasteiger partial charge in [0.1, 0.15) is 5.69 Å². The number of hydrogen-bond donors (Lipinski definition) is 0. The molecule has 26 heavy (non-hydrogen) atoms. The van der Waals surface area contributed by atoms with Crippen molar-refractivity contribution in [2.45, 2.75) is 45.1 Å². The number of hydrogen-bond acceptors (Lipinski definition) is 6. The van der Waals surface area contributed by atoms with E-state index in [1.807, 2.05) is 12.1 Å². The SMILES string of the molecule is CCOC(=O)CCCn1nc(-c2ccnc(C3CC3)c2)cc1C(=O)OC. The van der Waals surface area contributed by atoms with Gasteiger partial charge in [0.2, 0.25) is 0 Å². The van der Waals surface area contributed by atoms with E-state index in [4.69, 9.17) is 9.47 Å². The minimum absolute atomic E-state index is 0.247. The number of methoxy groups -OCH3 is 1. The molecule has 0 unspecified atom stereocenters. The van der Waals surface area contributed by atoms with Crippen molar-refractivity contribution >= 4 is 11.9 Å². The zero-order valence-electron chi connectivity index (χ0n) is 15.1. The average Bonchev–Trinajstić information content (AvgIpc) is 3.42. The highest BCUT2D eigenvalue weighted by atomic mass is 16.5. The van der Waals surface area contributed by atoms with E-state index in [1.165, 1.54) is 20.0 Å². The Kier molecular flexibility index (Phi) is 5.65. The molecule has 0 saturated heterocycles. The molecule has 7 nitrogen and oxygen atoms in total. The molecule has 1 aliphatic rings. The maximum Gasteiger partial charge on any atom is 0.356 e. The van der Waals surface area contributed by atoms with Crippen LogP contribution in [-0.2, 0) is 20.8 Å². The van der Waals surface area contributed by atoms with Gasteiger partial charge in [-0.1, -0.05) is 0 Å². The van der Waals surface area contributed by atoms with Crippen molar-refractivity contribution < 1.29 is 19.1 Å². The lowest BCUT2D eigenvalue weighted by Gasteiger charge is -2.06. The molecule has 0 amide bonds. The molecule has 2 aromatic rings. The van der Waals surface area contributed by atoms with Crippen LogP contribution < -0.4 is 0 Å². The molecule has 138 valence electrons. The zero-order chi connectivity index (χ0) is 18.5. The van der Waals surface area contributed by atoms with Gasteiger partial charge in [0, 0.05) is 36.3 Å². The first kappa shape index (κ1) is 18.1. The Morgan fingerprint density at radius 2 is 2.12 bits per heavy atom. The van der Waals surface area contributed by atoms with Crippen LogP contribution in [-0.4, -0.2) is 40.4 Å². The molecule has 2 aromatic heterocycles. The van der Waals surface area contributed by atoms with Gasteiger partial charge in [-0.25, -0.2) is 4.79 Å². The first-order valence-electron chi connectivity index (χ1n) is 8.90. The van der Waals surface area contributed by atoms with E-state index in [1.54, 1.807) is 23.9 Å². The molecule has 0 spiro atoms. The van der Waals surface area contributed by atoms with Gasteiger partial charge in [-0.05, 0) is 44.4 Å². The lowest BCUT2D eigenvalue weighted by Crippen LogP contribution is -2.13. The highest BCUT2D eigenvalue weighted by molar-refractivity contribution is 5.89. The summed E-state index contributed by atoms with van der Waals surface area (Å²) in [5, 5.41) is 4.55. The van der Waals surface area contributed by atoms with Crippen LogP contribution in [0.3, 0.4) is 0 Å². The van der Waals surface area contributed by atoms with Crippen LogP contribution in [0, 0.1) is 0 Å². The predicted octanol–water partition coefficient (Wildman–Crippen LogP) is 2.95. The van der Waals surface area contributed by atoms with Gasteiger partial charge >= 0.3 is 11.9 Å². The molecular weight excluding hydrogens is 334 g/mol. The first-order chi connectivity index (χ1) is 12.6. The summed E-state index contributed by atoms with van der Waals surface area (Å²) >= 11 is 0. The number of aryl methyl sites for hydroxylation is 1. The summed E-state index contributed by atoms with van der Waals surface area (Å²) in [4.78, 5) is 28.0. The molecule has 0 aliphatic heterocycles. The first-order valence-corrected chi connectivity index (χ1v) is 8.90. The van der Waals surface area contributed by atoms with E-state index in [0.29, 0.717) is 36.9 Å². The van der Waals surface area contributed by atoms with Crippen LogP contribution in [0.15, 0.2) is 24.4 Å². The van der Waals surface area contributed by atoms with Crippen molar-refractivity contribution in [3.05, 3.63) is 35.8 Å². The lowest BCUT2D eigenvalue weighted by molar-refractivity contribution is -0.143. The highest BCUT2D eigenvalue weighted by Crippen LogP contribution is 2.39. The van der Waals surface area contributed by atoms with Gasteiger partial charge in [0.05, 0.1) is 19.4 Å². The van der Waals surface area contributed by atoms with Crippen LogP contribution >= 0.6 is 0 Å². The second-order valence-corrected chi connectivity index (χ2v) is 6.28. The van der Waals surface area contributed by atoms with Crippen LogP contribution in [0.4, 0.5) is 0 Å². The summed E-state index contributed by atoms with van der Waals surface area (Å²) in [7, 11) is 1.34. The molecular formula is C19H23N3O4. The number of carbonyl (C=O) groups excluding carboxylic acids is 2. The van der Waals surface area contributed by atoms with Crippen LogP contribution in [0.2, 0.25) is 0 Å². The summed E-state index contributed by atoms with van der Waals surface area (Å²) in [5.74, 6) is -0.152. The normalized spacial score (nSPS) is 13.5. The second-order valence-electron chi connectivity index (χ2n) is 6.28. The molecule has 0 atom stereocenters. The van der Waals surface area contributed by atoms with Crippen LogP contribution in [0.1, 0.15) is 54.7 Å². The molecule has 1 aliphatic carbocycles. The topological polar surface area (TPSA) is 83.3 Å². The van der Waals surface area contributed by atoms with Gasteiger partial charge in [-0.3, -0.25) is 14.5 Å². The quantitative estimate of drug-likeness (QED) is 0.676. The van der Waals surface area contributed by atoms with Gasteiger partial charge < -0.3 is 9.47 Å². The fourth-order valence-corrected chi connectivity index (χ4v) is 2.81. The van der Waals surface area contributed by atoms with E-state index in [0.717, 1.165) is 11.3 Å². The minimum atomic E-state index is -0.448. The average molecular weight is 357 g/mol. The monoisotopic (exact) mass is 357 g/mol. The molecule has 0 bridgehead atoms. The molecule has 0 aromatic carbocycles. The number of rotatable bonds is 8. The fourth-order valence-electron chi connectivity index (χ4n) is 2.81. The van der Waals surface area contributed by atoms with Crippen molar-refractivity contribution in [1.29, 1.82) is 0 Å². The van der Waals surface area contributed by atoms with E-state index in [-0.39, 0.29) is 12.4 Å². The Morgan fingerprint density at radius 1 is 1.31 bits per heavy atom. The van der Waals surface area contributed by atoms with Gasteiger partial charge in [0.25, 0.3) is 0 Å². The fraction of sp³-hybridized carbons (Fsp3) is 0.474. The third-order valence-electron chi connectivity index (χ3n) is 4.30. The highest BCUT2D eigenvalue weighted by Gasteiger charge is 2.25. The summed E-state index contributed by atoms with van der Waals surface area (Å²) in [6.07, 6.45) is 4.94. The Balaban J connectivity index is 1.79. The van der Waals surface area contributed by atoms with Crippen molar-refractivity contribution in [3.8, 4) is 11.3 Å². The predicted molar refractivity (Wildman–Crippen MR) is 94.6 cm³/mol. The Hall–Kier alpha value is -2.70. The summed E-state index contributed by atoms with van der Waals surface area (Å²) in [6.45, 7) is 2.57. The number of ether oxygens (including phenoxy) is 2.